The Balaban J connectivity index is 1.59. The molecule has 4 rings (SSSR count). The molecule has 1 amide bonds. The second-order valence-corrected chi connectivity index (χ2v) is 8.22. The van der Waals surface area contributed by atoms with Crippen molar-refractivity contribution in [2.75, 3.05) is 25.9 Å². The third-order valence-electron chi connectivity index (χ3n) is 5.21. The summed E-state index contributed by atoms with van der Waals surface area (Å²) in [4.78, 5) is 27.5. The van der Waals surface area contributed by atoms with Crippen LogP contribution in [-0.2, 0) is 11.3 Å². The van der Waals surface area contributed by atoms with Crippen LogP contribution in [0.2, 0.25) is 0 Å². The molecule has 1 aromatic carbocycles. The molecule has 0 bridgehead atoms. The minimum absolute atomic E-state index is 0.00924. The smallest absolute Gasteiger partial charge is 0.263 e. The Morgan fingerprint density at radius 2 is 2.07 bits per heavy atom. The Kier molecular flexibility index (Phi) is 5.68. The van der Waals surface area contributed by atoms with Crippen LogP contribution < -0.4 is 10.9 Å². The normalized spacial score (nSPS) is 15.8. The van der Waals surface area contributed by atoms with E-state index in [0.29, 0.717) is 22.9 Å². The van der Waals surface area contributed by atoms with Crippen LogP contribution in [0.1, 0.15) is 12.8 Å². The number of aromatic nitrogens is 4. The van der Waals surface area contributed by atoms with Gasteiger partial charge in [0.2, 0.25) is 11.7 Å². The fraction of sp³-hybridized carbons (Fsp3) is 0.400. The van der Waals surface area contributed by atoms with E-state index in [1.807, 2.05) is 22.6 Å². The average molecular weight is 413 g/mol. The summed E-state index contributed by atoms with van der Waals surface area (Å²) in [6, 6.07) is 7.60. The molecule has 3 heterocycles. The number of allylic oxidation sites excluding steroid dienone is 1. The van der Waals surface area contributed by atoms with E-state index < -0.39 is 0 Å². The molecule has 3 aromatic rings. The highest BCUT2D eigenvalue weighted by atomic mass is 32.2. The van der Waals surface area contributed by atoms with Crippen molar-refractivity contribution in [3.05, 3.63) is 47.3 Å². The minimum Gasteiger partial charge on any atom is -0.353 e. The molecule has 0 atom stereocenters. The number of rotatable bonds is 6. The molecule has 2 aromatic heterocycles. The first kappa shape index (κ1) is 19.7. The molecule has 1 fully saturated rings. The van der Waals surface area contributed by atoms with Gasteiger partial charge in [0.15, 0.2) is 5.16 Å². The number of amides is 1. The fourth-order valence-electron chi connectivity index (χ4n) is 3.67. The van der Waals surface area contributed by atoms with Crippen LogP contribution >= 0.6 is 11.8 Å². The Morgan fingerprint density at radius 3 is 2.83 bits per heavy atom. The zero-order valence-electron chi connectivity index (χ0n) is 16.4. The molecule has 1 aliphatic heterocycles. The number of benzene rings is 1. The van der Waals surface area contributed by atoms with Gasteiger partial charge in [-0.3, -0.25) is 18.6 Å². The van der Waals surface area contributed by atoms with Crippen molar-refractivity contribution in [2.45, 2.75) is 30.6 Å². The molecule has 152 valence electrons. The number of carbonyl (C=O) groups is 1. The van der Waals surface area contributed by atoms with Gasteiger partial charge in [0.05, 0.1) is 16.7 Å². The molecule has 9 heteroatoms. The Hall–Kier alpha value is -2.65. The number of fused-ring (bicyclic) bond motifs is 3. The van der Waals surface area contributed by atoms with Crippen molar-refractivity contribution in [2.24, 2.45) is 0 Å². The summed E-state index contributed by atoms with van der Waals surface area (Å²) < 4.78 is 3.39. The first-order chi connectivity index (χ1) is 14.1. The van der Waals surface area contributed by atoms with Gasteiger partial charge in [-0.1, -0.05) is 30.0 Å². The van der Waals surface area contributed by atoms with E-state index in [0.717, 1.165) is 31.4 Å². The van der Waals surface area contributed by atoms with E-state index in [1.54, 1.807) is 16.7 Å². The molecule has 1 N–H and O–H groups in total. The first-order valence-electron chi connectivity index (χ1n) is 9.66. The third kappa shape index (κ3) is 3.92. The Labute approximate surface area is 172 Å². The van der Waals surface area contributed by atoms with Crippen molar-refractivity contribution in [3.8, 4) is 0 Å². The van der Waals surface area contributed by atoms with Gasteiger partial charge in [-0.25, -0.2) is 0 Å². The second-order valence-electron chi connectivity index (χ2n) is 7.27. The van der Waals surface area contributed by atoms with Crippen LogP contribution in [0.3, 0.4) is 0 Å². The number of nitrogens with one attached hydrogen (secondary N) is 1. The number of hydrogen-bond donors (Lipinski definition) is 1. The summed E-state index contributed by atoms with van der Waals surface area (Å²) in [7, 11) is 2.10. The van der Waals surface area contributed by atoms with E-state index in [-0.39, 0.29) is 23.3 Å². The summed E-state index contributed by atoms with van der Waals surface area (Å²) in [5.74, 6) is 0.694. The van der Waals surface area contributed by atoms with Crippen molar-refractivity contribution in [3.63, 3.8) is 0 Å². The second kappa shape index (κ2) is 8.38. The van der Waals surface area contributed by atoms with Gasteiger partial charge in [0.1, 0.15) is 0 Å². The highest BCUT2D eigenvalue weighted by molar-refractivity contribution is 7.99. The van der Waals surface area contributed by atoms with E-state index in [9.17, 15) is 9.59 Å². The summed E-state index contributed by atoms with van der Waals surface area (Å²) in [5, 5.41) is 12.8. The van der Waals surface area contributed by atoms with Gasteiger partial charge in [0, 0.05) is 12.6 Å². The Bertz CT molecular complexity index is 1110. The van der Waals surface area contributed by atoms with Crippen LogP contribution in [0.4, 0.5) is 0 Å². The van der Waals surface area contributed by atoms with Gasteiger partial charge in [-0.05, 0) is 45.1 Å². The highest BCUT2D eigenvalue weighted by Gasteiger charge is 2.20. The van der Waals surface area contributed by atoms with Crippen molar-refractivity contribution in [1.82, 2.24) is 29.4 Å². The standard InChI is InChI=1S/C20H24N6O2S/c1-3-10-25-18(28)15-6-4-5-7-16(15)26-19(25)22-23-20(26)29-13-17(27)21-14-8-11-24(2)12-9-14/h3-7,14H,1,8-13H2,2H3,(H,21,27). The average Bonchev–Trinajstić information content (AvgIpc) is 3.15. The van der Waals surface area contributed by atoms with Crippen molar-refractivity contribution in [1.29, 1.82) is 0 Å². The molecular weight excluding hydrogens is 388 g/mol. The summed E-state index contributed by atoms with van der Waals surface area (Å²) in [6.07, 6.45) is 3.60. The van der Waals surface area contributed by atoms with E-state index in [4.69, 9.17) is 0 Å². The molecule has 0 saturated carbocycles. The van der Waals surface area contributed by atoms with Crippen LogP contribution in [0.5, 0.6) is 0 Å². The van der Waals surface area contributed by atoms with Crippen molar-refractivity contribution < 1.29 is 4.79 Å². The van der Waals surface area contributed by atoms with Crippen LogP contribution in [0.15, 0.2) is 46.9 Å². The minimum atomic E-state index is -0.128. The number of hydrogen-bond acceptors (Lipinski definition) is 6. The molecule has 0 spiro atoms. The molecule has 1 aliphatic rings. The Morgan fingerprint density at radius 1 is 1.31 bits per heavy atom. The summed E-state index contributed by atoms with van der Waals surface area (Å²) >= 11 is 1.33. The third-order valence-corrected chi connectivity index (χ3v) is 6.13. The molecule has 29 heavy (non-hydrogen) atoms. The van der Waals surface area contributed by atoms with E-state index in [1.165, 1.54) is 11.8 Å². The van der Waals surface area contributed by atoms with Gasteiger partial charge in [-0.2, -0.15) is 0 Å². The van der Waals surface area contributed by atoms with E-state index >= 15 is 0 Å². The molecule has 0 unspecified atom stereocenters. The van der Waals surface area contributed by atoms with Gasteiger partial charge in [0.25, 0.3) is 5.56 Å². The zero-order valence-corrected chi connectivity index (χ0v) is 17.2. The monoisotopic (exact) mass is 412 g/mol. The van der Waals surface area contributed by atoms with Gasteiger partial charge in [-0.15, -0.1) is 16.8 Å². The zero-order chi connectivity index (χ0) is 20.4. The lowest BCUT2D eigenvalue weighted by Gasteiger charge is -2.29. The highest BCUT2D eigenvalue weighted by Crippen LogP contribution is 2.21. The van der Waals surface area contributed by atoms with Crippen LogP contribution in [0, 0.1) is 0 Å². The summed E-state index contributed by atoms with van der Waals surface area (Å²) in [5.41, 5.74) is 0.605. The topological polar surface area (TPSA) is 84.5 Å². The molecule has 0 aliphatic carbocycles. The molecule has 0 radical (unpaired) electrons. The number of para-hydroxylation sites is 1. The molecule has 1 saturated heterocycles. The quantitative estimate of drug-likeness (QED) is 0.488. The van der Waals surface area contributed by atoms with Gasteiger partial charge >= 0.3 is 0 Å². The lowest BCUT2D eigenvalue weighted by molar-refractivity contribution is -0.119. The summed E-state index contributed by atoms with van der Waals surface area (Å²) in [6.45, 7) is 6.07. The lowest BCUT2D eigenvalue weighted by Crippen LogP contribution is -2.43. The largest absolute Gasteiger partial charge is 0.353 e. The SMILES string of the molecule is C=CCn1c(=O)c2ccccc2n2c(SCC(=O)NC3CCN(C)CC3)nnc12. The lowest BCUT2D eigenvalue weighted by atomic mass is 10.1. The maximum Gasteiger partial charge on any atom is 0.263 e. The maximum atomic E-state index is 12.8. The van der Waals surface area contributed by atoms with Crippen LogP contribution in [-0.4, -0.2) is 61.9 Å². The number of nitrogens with zero attached hydrogens (tertiary/aromatic N) is 5. The first-order valence-corrected chi connectivity index (χ1v) is 10.7. The number of carbonyl (C=O) groups excluding carboxylic acids is 1. The molecule has 8 nitrogen and oxygen atoms in total. The maximum absolute atomic E-state index is 12.8. The van der Waals surface area contributed by atoms with E-state index in [2.05, 4.69) is 34.0 Å². The molecular formula is C20H24N6O2S. The van der Waals surface area contributed by atoms with Gasteiger partial charge < -0.3 is 10.2 Å². The number of piperidine rings is 1. The fourth-order valence-corrected chi connectivity index (χ4v) is 4.42. The predicted octanol–water partition coefficient (Wildman–Crippen LogP) is 1.53. The number of likely N-dealkylation sites (tertiary alicyclic amines) is 1. The van der Waals surface area contributed by atoms with Crippen molar-refractivity contribution >= 4 is 34.3 Å². The predicted molar refractivity (Wildman–Crippen MR) is 114 cm³/mol. The number of thioether (sulfide) groups is 1. The van der Waals surface area contributed by atoms with Crippen LogP contribution in [0.25, 0.3) is 16.7 Å².